The van der Waals surface area contributed by atoms with E-state index in [1.54, 1.807) is 24.3 Å². The van der Waals surface area contributed by atoms with E-state index in [0.29, 0.717) is 11.3 Å². The molecule has 0 aliphatic carbocycles. The first-order valence-corrected chi connectivity index (χ1v) is 7.74. The second kappa shape index (κ2) is 7.04. The summed E-state index contributed by atoms with van der Waals surface area (Å²) in [5.41, 5.74) is 5.53. The van der Waals surface area contributed by atoms with Crippen LogP contribution in [0.1, 0.15) is 5.56 Å². The SMILES string of the molecule is COc1ccccc1-c1nn(-c2ccc([N+](=O)[O-])cc2[N+](=O)[O-])c(N)c1C#N. The standard InChI is InChI=1S/C17H12N6O5/c1-28-15-5-3-2-4-11(15)16-12(9-18)17(19)21(20-16)13-7-6-10(22(24)25)8-14(13)23(26)27/h2-8H,19H2,1H3. The Labute approximate surface area is 157 Å². The highest BCUT2D eigenvalue weighted by molar-refractivity contribution is 5.78. The molecule has 0 amide bonds. The minimum Gasteiger partial charge on any atom is -0.496 e. The summed E-state index contributed by atoms with van der Waals surface area (Å²) in [5, 5.41) is 36.2. The molecule has 3 rings (SSSR count). The number of para-hydroxylation sites is 1. The first-order chi connectivity index (χ1) is 13.4. The summed E-state index contributed by atoms with van der Waals surface area (Å²) in [6.07, 6.45) is 0. The molecule has 0 bridgehead atoms. The van der Waals surface area contributed by atoms with Crippen LogP contribution in [0.4, 0.5) is 17.2 Å². The van der Waals surface area contributed by atoms with Gasteiger partial charge in [0.2, 0.25) is 0 Å². The number of nitrogen functional groups attached to an aromatic ring is 1. The van der Waals surface area contributed by atoms with Gasteiger partial charge in [0.25, 0.3) is 5.69 Å². The predicted molar refractivity (Wildman–Crippen MR) is 98.0 cm³/mol. The fourth-order valence-electron chi connectivity index (χ4n) is 2.70. The Morgan fingerprint density at radius 2 is 1.89 bits per heavy atom. The highest BCUT2D eigenvalue weighted by Crippen LogP contribution is 2.36. The topological polar surface area (TPSA) is 163 Å². The van der Waals surface area contributed by atoms with Crippen molar-refractivity contribution in [3.05, 3.63) is 68.3 Å². The van der Waals surface area contributed by atoms with Crippen LogP contribution in [0.2, 0.25) is 0 Å². The number of rotatable bonds is 5. The van der Waals surface area contributed by atoms with Crippen molar-refractivity contribution in [1.82, 2.24) is 9.78 Å². The quantitative estimate of drug-likeness (QED) is 0.521. The van der Waals surface area contributed by atoms with Gasteiger partial charge in [0, 0.05) is 11.6 Å². The molecule has 11 heteroatoms. The molecular formula is C17H12N6O5. The van der Waals surface area contributed by atoms with Crippen LogP contribution in [-0.4, -0.2) is 26.7 Å². The molecule has 0 aliphatic rings. The van der Waals surface area contributed by atoms with Gasteiger partial charge in [0.05, 0.1) is 23.0 Å². The molecule has 11 nitrogen and oxygen atoms in total. The minimum atomic E-state index is -0.779. The van der Waals surface area contributed by atoms with Crippen molar-refractivity contribution in [2.45, 2.75) is 0 Å². The molecule has 140 valence electrons. The maximum atomic E-state index is 11.4. The highest BCUT2D eigenvalue weighted by atomic mass is 16.6. The molecule has 0 saturated heterocycles. The number of nitro benzene ring substituents is 2. The number of hydrogen-bond acceptors (Lipinski definition) is 8. The van der Waals surface area contributed by atoms with Crippen molar-refractivity contribution in [3.63, 3.8) is 0 Å². The fourth-order valence-corrected chi connectivity index (χ4v) is 2.70. The first kappa shape index (κ1) is 18.3. The van der Waals surface area contributed by atoms with Gasteiger partial charge in [-0.05, 0) is 18.2 Å². The highest BCUT2D eigenvalue weighted by Gasteiger charge is 2.26. The molecule has 0 unspecified atom stereocenters. The Bertz CT molecular complexity index is 1150. The lowest BCUT2D eigenvalue weighted by Gasteiger charge is -2.06. The Hall–Kier alpha value is -4.46. The smallest absolute Gasteiger partial charge is 0.301 e. The van der Waals surface area contributed by atoms with Crippen molar-refractivity contribution in [2.24, 2.45) is 0 Å². The van der Waals surface area contributed by atoms with Gasteiger partial charge in [-0.25, -0.2) is 4.68 Å². The summed E-state index contributed by atoms with van der Waals surface area (Å²) in [5.74, 6) is 0.294. The molecular weight excluding hydrogens is 368 g/mol. The van der Waals surface area contributed by atoms with E-state index in [0.717, 1.165) is 22.9 Å². The molecule has 3 aromatic rings. The van der Waals surface area contributed by atoms with Crippen molar-refractivity contribution in [3.8, 4) is 28.8 Å². The van der Waals surface area contributed by atoms with Crippen molar-refractivity contribution < 1.29 is 14.6 Å². The molecule has 1 heterocycles. The molecule has 0 spiro atoms. The lowest BCUT2D eigenvalue weighted by molar-refractivity contribution is -0.394. The lowest BCUT2D eigenvalue weighted by atomic mass is 10.1. The van der Waals surface area contributed by atoms with Gasteiger partial charge in [-0.2, -0.15) is 10.4 Å². The van der Waals surface area contributed by atoms with Crippen LogP contribution < -0.4 is 10.5 Å². The minimum absolute atomic E-state index is 0.00264. The number of non-ortho nitro benzene ring substituents is 1. The summed E-state index contributed by atoms with van der Waals surface area (Å²) >= 11 is 0. The number of nitriles is 1. The van der Waals surface area contributed by atoms with Gasteiger partial charge in [0.15, 0.2) is 0 Å². The molecule has 0 aliphatic heterocycles. The van der Waals surface area contributed by atoms with E-state index in [1.807, 2.05) is 6.07 Å². The van der Waals surface area contributed by atoms with Crippen LogP contribution in [0.3, 0.4) is 0 Å². The van der Waals surface area contributed by atoms with Gasteiger partial charge >= 0.3 is 5.69 Å². The zero-order valence-corrected chi connectivity index (χ0v) is 14.4. The van der Waals surface area contributed by atoms with Crippen molar-refractivity contribution in [1.29, 1.82) is 5.26 Å². The first-order valence-electron chi connectivity index (χ1n) is 7.74. The number of nitrogens with zero attached hydrogens (tertiary/aromatic N) is 5. The average Bonchev–Trinajstić information content (AvgIpc) is 3.03. The van der Waals surface area contributed by atoms with Gasteiger partial charge in [-0.15, -0.1) is 0 Å². The van der Waals surface area contributed by atoms with E-state index in [1.165, 1.54) is 7.11 Å². The molecule has 0 fully saturated rings. The third kappa shape index (κ3) is 2.95. The molecule has 28 heavy (non-hydrogen) atoms. The number of methoxy groups -OCH3 is 1. The summed E-state index contributed by atoms with van der Waals surface area (Å²) in [6.45, 7) is 0. The number of nitrogens with two attached hydrogens (primary N) is 1. The number of ether oxygens (including phenoxy) is 1. The van der Waals surface area contributed by atoms with E-state index < -0.39 is 21.2 Å². The average molecular weight is 380 g/mol. The maximum Gasteiger partial charge on any atom is 0.301 e. The number of nitro groups is 2. The third-order valence-corrected chi connectivity index (χ3v) is 3.99. The fraction of sp³-hybridized carbons (Fsp3) is 0.0588. The van der Waals surface area contributed by atoms with Gasteiger partial charge < -0.3 is 10.5 Å². The molecule has 0 atom stereocenters. The number of benzene rings is 2. The van der Waals surface area contributed by atoms with Crippen molar-refractivity contribution >= 4 is 17.2 Å². The van der Waals surface area contributed by atoms with Crippen LogP contribution in [0.25, 0.3) is 16.9 Å². The maximum absolute atomic E-state index is 11.4. The number of anilines is 1. The summed E-state index contributed by atoms with van der Waals surface area (Å²) in [4.78, 5) is 20.8. The molecule has 1 aromatic heterocycles. The van der Waals surface area contributed by atoms with E-state index in [4.69, 9.17) is 10.5 Å². The normalized spacial score (nSPS) is 10.3. The number of hydrogen-bond donors (Lipinski definition) is 1. The monoisotopic (exact) mass is 380 g/mol. The molecule has 2 N–H and O–H groups in total. The summed E-state index contributed by atoms with van der Waals surface area (Å²) in [6, 6.07) is 11.8. The van der Waals surface area contributed by atoms with E-state index in [9.17, 15) is 25.5 Å². The van der Waals surface area contributed by atoms with Gasteiger partial charge in [-0.1, -0.05) is 12.1 Å². The van der Waals surface area contributed by atoms with Crippen LogP contribution >= 0.6 is 0 Å². The van der Waals surface area contributed by atoms with Crippen molar-refractivity contribution in [2.75, 3.05) is 12.8 Å². The predicted octanol–water partition coefficient (Wildman–Crippen LogP) is 2.82. The van der Waals surface area contributed by atoms with E-state index >= 15 is 0 Å². The molecule has 2 aromatic carbocycles. The Balaban J connectivity index is 2.28. The Morgan fingerprint density at radius 1 is 1.18 bits per heavy atom. The summed E-state index contributed by atoms with van der Waals surface area (Å²) in [7, 11) is 1.45. The van der Waals surface area contributed by atoms with Gasteiger partial charge in [-0.3, -0.25) is 20.2 Å². The summed E-state index contributed by atoms with van der Waals surface area (Å²) < 4.78 is 6.29. The van der Waals surface area contributed by atoms with E-state index in [2.05, 4.69) is 5.10 Å². The Morgan fingerprint density at radius 3 is 2.50 bits per heavy atom. The molecule has 0 saturated carbocycles. The number of aromatic nitrogens is 2. The van der Waals surface area contributed by atoms with Crippen LogP contribution in [0.15, 0.2) is 42.5 Å². The zero-order valence-electron chi connectivity index (χ0n) is 14.4. The lowest BCUT2D eigenvalue weighted by Crippen LogP contribution is -2.06. The third-order valence-electron chi connectivity index (χ3n) is 3.99. The van der Waals surface area contributed by atoms with Crippen LogP contribution in [-0.2, 0) is 0 Å². The second-order valence-corrected chi connectivity index (χ2v) is 5.52. The molecule has 0 radical (unpaired) electrons. The zero-order chi connectivity index (χ0) is 20.4. The van der Waals surface area contributed by atoms with Crippen LogP contribution in [0.5, 0.6) is 5.75 Å². The largest absolute Gasteiger partial charge is 0.496 e. The van der Waals surface area contributed by atoms with Gasteiger partial charge in [0.1, 0.15) is 34.6 Å². The van der Waals surface area contributed by atoms with E-state index in [-0.39, 0.29) is 22.8 Å². The Kier molecular flexibility index (Phi) is 4.61. The van der Waals surface area contributed by atoms with Crippen LogP contribution in [0, 0.1) is 31.6 Å². The second-order valence-electron chi connectivity index (χ2n) is 5.52.